The van der Waals surface area contributed by atoms with Crippen LogP contribution in [0.2, 0.25) is 0 Å². The Morgan fingerprint density at radius 2 is 1.97 bits per heavy atom. The van der Waals surface area contributed by atoms with E-state index in [9.17, 15) is 18.4 Å². The molecule has 1 aromatic heterocycles. The SMILES string of the molecule is CC.O=C(NC(CCc1ccc(C(F)F)cc1)C(=O)N1CCCCC1CC1=CC=CNC1)c1cccs1.[HH]. The number of likely N-dealkylation sites (tertiary alicyclic amines) is 1. The lowest BCUT2D eigenvalue weighted by Gasteiger charge is -2.38. The highest BCUT2D eigenvalue weighted by Gasteiger charge is 2.33. The molecule has 0 spiro atoms. The van der Waals surface area contributed by atoms with E-state index in [0.717, 1.165) is 37.8 Å². The summed E-state index contributed by atoms with van der Waals surface area (Å²) in [7, 11) is 0. The molecule has 1 aromatic carbocycles. The summed E-state index contributed by atoms with van der Waals surface area (Å²) in [6.07, 6.45) is 8.17. The van der Waals surface area contributed by atoms with E-state index in [2.05, 4.69) is 16.7 Å². The smallest absolute Gasteiger partial charge is 0.263 e. The predicted octanol–water partition coefficient (Wildman–Crippen LogP) is 6.50. The first-order valence-electron chi connectivity index (χ1n) is 13.1. The number of dihydropyridines is 1. The number of carbonyl (C=O) groups is 2. The Bertz CT molecular complexity index is 1060. The average Bonchev–Trinajstić information content (AvgIpc) is 3.48. The Morgan fingerprint density at radius 3 is 2.62 bits per heavy atom. The summed E-state index contributed by atoms with van der Waals surface area (Å²) >= 11 is 1.33. The van der Waals surface area contributed by atoms with Gasteiger partial charge in [-0.15, -0.1) is 11.3 Å². The quantitative estimate of drug-likeness (QED) is 0.388. The molecule has 3 heterocycles. The monoisotopic (exact) mass is 531 g/mol. The number of amides is 2. The van der Waals surface area contributed by atoms with Crippen molar-refractivity contribution in [3.8, 4) is 0 Å². The number of halogens is 2. The summed E-state index contributed by atoms with van der Waals surface area (Å²) in [5, 5.41) is 8.02. The van der Waals surface area contributed by atoms with E-state index in [4.69, 9.17) is 0 Å². The Balaban J connectivity index is 0.00000165. The molecule has 37 heavy (non-hydrogen) atoms. The maximum absolute atomic E-state index is 13.8. The van der Waals surface area contributed by atoms with Crippen LogP contribution in [0.4, 0.5) is 8.78 Å². The normalized spacial score (nSPS) is 17.8. The van der Waals surface area contributed by atoms with Crippen molar-refractivity contribution in [2.45, 2.75) is 70.9 Å². The highest BCUT2D eigenvalue weighted by Crippen LogP contribution is 2.25. The number of thiophene rings is 1. The lowest BCUT2D eigenvalue weighted by atomic mass is 9.93. The van der Waals surface area contributed by atoms with Gasteiger partial charge in [0.15, 0.2) is 0 Å². The largest absolute Gasteiger partial charge is 0.387 e. The van der Waals surface area contributed by atoms with Crippen molar-refractivity contribution in [3.05, 3.63) is 81.7 Å². The number of rotatable bonds is 9. The average molecular weight is 532 g/mol. The van der Waals surface area contributed by atoms with Crippen LogP contribution in [0.5, 0.6) is 0 Å². The molecule has 5 nitrogen and oxygen atoms in total. The number of piperidine rings is 1. The van der Waals surface area contributed by atoms with Crippen molar-refractivity contribution in [2.24, 2.45) is 0 Å². The third-order valence-corrected chi connectivity index (χ3v) is 7.45. The van der Waals surface area contributed by atoms with Gasteiger partial charge in [-0.05, 0) is 73.4 Å². The van der Waals surface area contributed by atoms with Crippen molar-refractivity contribution in [2.75, 3.05) is 13.1 Å². The van der Waals surface area contributed by atoms with E-state index in [1.807, 2.05) is 42.5 Å². The van der Waals surface area contributed by atoms with Crippen molar-refractivity contribution in [3.63, 3.8) is 0 Å². The van der Waals surface area contributed by atoms with Crippen LogP contribution in [0.15, 0.2) is 65.7 Å². The van der Waals surface area contributed by atoms with E-state index in [-0.39, 0.29) is 24.8 Å². The Morgan fingerprint density at radius 1 is 1.19 bits per heavy atom. The molecule has 0 saturated carbocycles. The molecule has 2 aliphatic heterocycles. The van der Waals surface area contributed by atoms with Crippen LogP contribution in [-0.4, -0.2) is 41.9 Å². The van der Waals surface area contributed by atoms with E-state index < -0.39 is 12.5 Å². The van der Waals surface area contributed by atoms with E-state index >= 15 is 0 Å². The number of aryl methyl sites for hydroxylation is 1. The molecule has 202 valence electrons. The van der Waals surface area contributed by atoms with Gasteiger partial charge in [0, 0.05) is 26.1 Å². The first kappa shape index (κ1) is 28.6. The molecule has 2 atom stereocenters. The minimum atomic E-state index is -2.51. The summed E-state index contributed by atoms with van der Waals surface area (Å²) < 4.78 is 25.8. The molecular formula is C29H39F2N3O2S. The standard InChI is InChI=1S/C27H31F2N3O2S.C2H6.H2/c28-25(29)21-11-8-19(9-12-21)10-13-23(31-26(33)24-7-4-16-35-24)27(34)32-15-2-1-6-22(32)17-20-5-3-14-30-18-20;1-2;/h3-5,7-9,11-12,14,16,22-23,25,30H,1-2,6,10,13,15,17-18H2,(H,31,33);1-2H3;1H. The number of hydrogen-bond acceptors (Lipinski definition) is 4. The Kier molecular flexibility index (Phi) is 11.3. The lowest BCUT2D eigenvalue weighted by molar-refractivity contribution is -0.137. The third-order valence-electron chi connectivity index (χ3n) is 6.58. The zero-order valence-corrected chi connectivity index (χ0v) is 22.4. The summed E-state index contributed by atoms with van der Waals surface area (Å²) in [4.78, 5) is 29.1. The summed E-state index contributed by atoms with van der Waals surface area (Å²) in [6, 6.07) is 9.14. The zero-order chi connectivity index (χ0) is 26.6. The van der Waals surface area contributed by atoms with Crippen LogP contribution >= 0.6 is 11.3 Å². The first-order chi connectivity index (χ1) is 18.0. The molecule has 2 N–H and O–H groups in total. The zero-order valence-electron chi connectivity index (χ0n) is 21.6. The number of benzene rings is 1. The second kappa shape index (κ2) is 14.7. The number of nitrogens with one attached hydrogen (secondary N) is 2. The molecule has 2 aromatic rings. The summed E-state index contributed by atoms with van der Waals surface area (Å²) in [6.45, 7) is 5.46. The number of carbonyl (C=O) groups excluding carboxylic acids is 2. The fraction of sp³-hybridized carbons (Fsp3) is 0.448. The van der Waals surface area contributed by atoms with Gasteiger partial charge in [-0.3, -0.25) is 9.59 Å². The molecule has 4 rings (SSSR count). The van der Waals surface area contributed by atoms with Crippen LogP contribution in [-0.2, 0) is 11.2 Å². The molecule has 1 saturated heterocycles. The number of nitrogens with zero attached hydrogens (tertiary/aromatic N) is 1. The molecule has 2 aliphatic rings. The van der Waals surface area contributed by atoms with Crippen molar-refractivity contribution in [1.82, 2.24) is 15.5 Å². The minimum Gasteiger partial charge on any atom is -0.387 e. The van der Waals surface area contributed by atoms with E-state index in [1.54, 1.807) is 18.2 Å². The van der Waals surface area contributed by atoms with Crippen LogP contribution in [0.25, 0.3) is 0 Å². The predicted molar refractivity (Wildman–Crippen MR) is 148 cm³/mol. The molecule has 0 aliphatic carbocycles. The van der Waals surface area contributed by atoms with Gasteiger partial charge in [0.2, 0.25) is 5.91 Å². The number of allylic oxidation sites excluding steroid dienone is 2. The molecule has 8 heteroatoms. The second-order valence-electron chi connectivity index (χ2n) is 9.03. The fourth-order valence-corrected chi connectivity index (χ4v) is 5.31. The summed E-state index contributed by atoms with van der Waals surface area (Å²) in [5.41, 5.74) is 2.10. The van der Waals surface area contributed by atoms with E-state index in [0.29, 0.717) is 24.3 Å². The van der Waals surface area contributed by atoms with Crippen molar-refractivity contribution >= 4 is 23.2 Å². The van der Waals surface area contributed by atoms with Gasteiger partial charge in [-0.25, -0.2) is 8.78 Å². The summed E-state index contributed by atoms with van der Waals surface area (Å²) in [5.74, 6) is -0.326. The third kappa shape index (κ3) is 8.25. The van der Waals surface area contributed by atoms with Gasteiger partial charge in [-0.1, -0.05) is 50.3 Å². The van der Waals surface area contributed by atoms with E-state index in [1.165, 1.54) is 29.0 Å². The maximum atomic E-state index is 13.8. The number of alkyl halides is 2. The molecule has 2 unspecified atom stereocenters. The second-order valence-corrected chi connectivity index (χ2v) is 9.98. The van der Waals surface area contributed by atoms with Gasteiger partial charge in [0.1, 0.15) is 6.04 Å². The van der Waals surface area contributed by atoms with Crippen molar-refractivity contribution < 1.29 is 19.8 Å². The highest BCUT2D eigenvalue weighted by molar-refractivity contribution is 7.12. The van der Waals surface area contributed by atoms with Crippen LogP contribution in [0, 0.1) is 0 Å². The van der Waals surface area contributed by atoms with Crippen molar-refractivity contribution in [1.29, 1.82) is 0 Å². The first-order valence-corrected chi connectivity index (χ1v) is 14.0. The van der Waals surface area contributed by atoms with Gasteiger partial charge in [0.25, 0.3) is 12.3 Å². The van der Waals surface area contributed by atoms with Gasteiger partial charge < -0.3 is 15.5 Å². The van der Waals surface area contributed by atoms with Crippen LogP contribution < -0.4 is 10.6 Å². The molecule has 2 amide bonds. The van der Waals surface area contributed by atoms with Gasteiger partial charge in [0.05, 0.1) is 4.88 Å². The lowest BCUT2D eigenvalue weighted by Crippen LogP contribution is -2.53. The van der Waals surface area contributed by atoms with Gasteiger partial charge in [-0.2, -0.15) is 0 Å². The molecule has 0 bridgehead atoms. The van der Waals surface area contributed by atoms with Crippen LogP contribution in [0.3, 0.4) is 0 Å². The van der Waals surface area contributed by atoms with Crippen LogP contribution in [0.1, 0.15) is 74.6 Å². The molecule has 0 radical (unpaired) electrons. The molecular weight excluding hydrogens is 492 g/mol. The topological polar surface area (TPSA) is 61.4 Å². The maximum Gasteiger partial charge on any atom is 0.263 e. The Labute approximate surface area is 224 Å². The number of hydrogen-bond donors (Lipinski definition) is 2. The Hall–Kier alpha value is -3.00. The minimum absolute atomic E-state index is 0. The highest BCUT2D eigenvalue weighted by atomic mass is 32.1. The van der Waals surface area contributed by atoms with Gasteiger partial charge >= 0.3 is 0 Å². The molecule has 1 fully saturated rings. The fourth-order valence-electron chi connectivity index (χ4n) is 4.68.